The summed E-state index contributed by atoms with van der Waals surface area (Å²) in [6, 6.07) is 3.24. The van der Waals surface area contributed by atoms with Crippen molar-refractivity contribution in [2.45, 2.75) is 38.1 Å². The van der Waals surface area contributed by atoms with Gasteiger partial charge in [-0.2, -0.15) is 0 Å². The van der Waals surface area contributed by atoms with Gasteiger partial charge >= 0.3 is 5.97 Å². The van der Waals surface area contributed by atoms with Gasteiger partial charge in [-0.3, -0.25) is 0 Å². The van der Waals surface area contributed by atoms with Crippen LogP contribution in [-0.2, 0) is 0 Å². The van der Waals surface area contributed by atoms with Crippen LogP contribution < -0.4 is 0 Å². The fraction of sp³-hybridized carbons (Fsp3) is 0.500. The van der Waals surface area contributed by atoms with Gasteiger partial charge in [0.25, 0.3) is 0 Å². The summed E-state index contributed by atoms with van der Waals surface area (Å²) in [4.78, 5) is 15.2. The van der Waals surface area contributed by atoms with Gasteiger partial charge in [-0.1, -0.05) is 19.8 Å². The van der Waals surface area contributed by atoms with Crippen molar-refractivity contribution in [1.29, 1.82) is 0 Å². The van der Waals surface area contributed by atoms with Crippen LogP contribution in [0.2, 0.25) is 0 Å². The van der Waals surface area contributed by atoms with Crippen molar-refractivity contribution in [3.05, 3.63) is 23.4 Å². The molecule has 1 aromatic rings. The van der Waals surface area contributed by atoms with Crippen molar-refractivity contribution >= 4 is 17.7 Å². The number of nitrogens with zero attached hydrogens (tertiary/aromatic N) is 1. The molecule has 3 nitrogen and oxygen atoms in total. The molecule has 0 saturated heterocycles. The minimum absolute atomic E-state index is 0.325. The van der Waals surface area contributed by atoms with Gasteiger partial charge < -0.3 is 5.11 Å². The number of thioether (sulfide) groups is 1. The van der Waals surface area contributed by atoms with Crippen LogP contribution in [0.25, 0.3) is 0 Å². The zero-order valence-corrected chi connectivity index (χ0v) is 10.5. The van der Waals surface area contributed by atoms with Crippen molar-refractivity contribution in [2.24, 2.45) is 0 Å². The Hall–Kier alpha value is -1.03. The molecule has 1 N–H and O–H groups in total. The van der Waals surface area contributed by atoms with Gasteiger partial charge in [0.05, 0.1) is 10.6 Å². The van der Waals surface area contributed by atoms with Crippen LogP contribution in [0.5, 0.6) is 0 Å². The summed E-state index contributed by atoms with van der Waals surface area (Å²) in [5.74, 6) is 0.115. The molecular formula is C12H17NO2S. The Bertz CT molecular complexity index is 366. The number of aromatic carboxylic acids is 1. The predicted octanol–water partition coefficient (Wildman–Crippen LogP) is 3.37. The summed E-state index contributed by atoms with van der Waals surface area (Å²) < 4.78 is 0. The van der Waals surface area contributed by atoms with Gasteiger partial charge in [0.2, 0.25) is 0 Å². The first-order chi connectivity index (χ1) is 7.63. The van der Waals surface area contributed by atoms with E-state index in [0.717, 1.165) is 22.9 Å². The number of pyridine rings is 1. The molecule has 1 heterocycles. The average Bonchev–Trinajstić information content (AvgIpc) is 2.23. The first-order valence-corrected chi connectivity index (χ1v) is 6.47. The third kappa shape index (κ3) is 4.23. The van der Waals surface area contributed by atoms with E-state index in [2.05, 4.69) is 11.9 Å². The molecule has 0 radical (unpaired) electrons. The van der Waals surface area contributed by atoms with Crippen molar-refractivity contribution < 1.29 is 9.90 Å². The number of rotatable bonds is 6. The molecular weight excluding hydrogens is 222 g/mol. The SMILES string of the molecule is CCCCCSc1cc(C(=O)O)cc(C)n1. The van der Waals surface area contributed by atoms with Gasteiger partial charge in [0.15, 0.2) is 0 Å². The number of unbranched alkanes of at least 4 members (excludes halogenated alkanes) is 2. The van der Waals surface area contributed by atoms with E-state index in [1.165, 1.54) is 12.8 Å². The maximum atomic E-state index is 10.8. The lowest BCUT2D eigenvalue weighted by Crippen LogP contribution is -1.99. The van der Waals surface area contributed by atoms with Crippen molar-refractivity contribution in [2.75, 3.05) is 5.75 Å². The predicted molar refractivity (Wildman–Crippen MR) is 66.2 cm³/mol. The number of hydrogen-bond donors (Lipinski definition) is 1. The molecule has 0 aliphatic carbocycles. The number of aromatic nitrogens is 1. The third-order valence-corrected chi connectivity index (χ3v) is 3.17. The summed E-state index contributed by atoms with van der Waals surface area (Å²) in [5.41, 5.74) is 1.09. The number of carboxylic acids is 1. The third-order valence-electron chi connectivity index (χ3n) is 2.17. The molecule has 0 unspecified atom stereocenters. The van der Waals surface area contributed by atoms with E-state index in [4.69, 9.17) is 5.11 Å². The summed E-state index contributed by atoms with van der Waals surface area (Å²) in [7, 11) is 0. The fourth-order valence-electron chi connectivity index (χ4n) is 1.36. The highest BCUT2D eigenvalue weighted by Crippen LogP contribution is 2.19. The topological polar surface area (TPSA) is 50.2 Å². The lowest BCUT2D eigenvalue weighted by Gasteiger charge is -2.03. The van der Waals surface area contributed by atoms with Crippen LogP contribution in [0.1, 0.15) is 42.2 Å². The van der Waals surface area contributed by atoms with Crippen LogP contribution in [0, 0.1) is 6.92 Å². The molecule has 4 heteroatoms. The molecule has 0 aliphatic heterocycles. The van der Waals surface area contributed by atoms with Crippen LogP contribution in [0.4, 0.5) is 0 Å². The Labute approximate surface area is 100 Å². The molecule has 0 saturated carbocycles. The highest BCUT2D eigenvalue weighted by atomic mass is 32.2. The van der Waals surface area contributed by atoms with Crippen LogP contribution in [0.15, 0.2) is 17.2 Å². The monoisotopic (exact) mass is 239 g/mol. The van der Waals surface area contributed by atoms with Gasteiger partial charge in [0.1, 0.15) is 0 Å². The zero-order chi connectivity index (χ0) is 12.0. The lowest BCUT2D eigenvalue weighted by atomic mass is 10.2. The standard InChI is InChI=1S/C12H17NO2S/c1-3-4-5-6-16-11-8-10(12(14)15)7-9(2)13-11/h7-8H,3-6H2,1-2H3,(H,14,15). The Morgan fingerprint density at radius 3 is 2.81 bits per heavy atom. The fourth-order valence-corrected chi connectivity index (χ4v) is 2.34. The van der Waals surface area contributed by atoms with Gasteiger partial charge in [-0.25, -0.2) is 9.78 Å². The molecule has 16 heavy (non-hydrogen) atoms. The molecule has 0 atom stereocenters. The van der Waals surface area contributed by atoms with E-state index < -0.39 is 5.97 Å². The molecule has 1 rings (SSSR count). The summed E-state index contributed by atoms with van der Waals surface area (Å²) in [5, 5.41) is 9.72. The maximum Gasteiger partial charge on any atom is 0.335 e. The summed E-state index contributed by atoms with van der Waals surface area (Å²) in [6.07, 6.45) is 3.56. The quantitative estimate of drug-likeness (QED) is 0.611. The molecule has 88 valence electrons. The second-order valence-corrected chi connectivity index (χ2v) is 4.81. The maximum absolute atomic E-state index is 10.8. The Balaban J connectivity index is 2.62. The Kier molecular flexibility index (Phi) is 5.32. The van der Waals surface area contributed by atoms with Gasteiger partial charge in [0, 0.05) is 5.69 Å². The molecule has 0 bridgehead atoms. The second kappa shape index (κ2) is 6.53. The summed E-state index contributed by atoms with van der Waals surface area (Å²) >= 11 is 1.63. The van der Waals surface area contributed by atoms with E-state index in [0.29, 0.717) is 5.56 Å². The minimum atomic E-state index is -0.888. The minimum Gasteiger partial charge on any atom is -0.478 e. The molecule has 0 spiro atoms. The normalized spacial score (nSPS) is 10.4. The highest BCUT2D eigenvalue weighted by molar-refractivity contribution is 7.99. The van der Waals surface area contributed by atoms with E-state index in [9.17, 15) is 4.79 Å². The highest BCUT2D eigenvalue weighted by Gasteiger charge is 2.06. The van der Waals surface area contributed by atoms with E-state index in [1.54, 1.807) is 23.9 Å². The first kappa shape index (κ1) is 13.0. The lowest BCUT2D eigenvalue weighted by molar-refractivity contribution is 0.0696. The van der Waals surface area contributed by atoms with Crippen LogP contribution in [-0.4, -0.2) is 21.8 Å². The molecule has 0 amide bonds. The molecule has 0 fully saturated rings. The van der Waals surface area contributed by atoms with Crippen LogP contribution in [0.3, 0.4) is 0 Å². The van der Waals surface area contributed by atoms with E-state index in [-0.39, 0.29) is 0 Å². The second-order valence-electron chi connectivity index (χ2n) is 3.70. The zero-order valence-electron chi connectivity index (χ0n) is 9.69. The van der Waals surface area contributed by atoms with Crippen molar-refractivity contribution in [3.63, 3.8) is 0 Å². The smallest absolute Gasteiger partial charge is 0.335 e. The van der Waals surface area contributed by atoms with Crippen molar-refractivity contribution in [1.82, 2.24) is 4.98 Å². The average molecular weight is 239 g/mol. The Morgan fingerprint density at radius 2 is 2.19 bits per heavy atom. The van der Waals surface area contributed by atoms with Gasteiger partial charge in [-0.15, -0.1) is 11.8 Å². The molecule has 0 aliphatic rings. The number of aryl methyl sites for hydroxylation is 1. The summed E-state index contributed by atoms with van der Waals surface area (Å²) in [6.45, 7) is 3.99. The molecule has 0 aromatic carbocycles. The van der Waals surface area contributed by atoms with Crippen LogP contribution >= 0.6 is 11.8 Å². The Morgan fingerprint density at radius 1 is 1.44 bits per heavy atom. The number of carboxylic acid groups (broad SMARTS) is 1. The number of carbonyl (C=O) groups is 1. The van der Waals surface area contributed by atoms with Gasteiger partial charge in [-0.05, 0) is 31.2 Å². The van der Waals surface area contributed by atoms with E-state index >= 15 is 0 Å². The molecule has 1 aromatic heterocycles. The van der Waals surface area contributed by atoms with E-state index in [1.807, 2.05) is 6.92 Å². The first-order valence-electron chi connectivity index (χ1n) is 5.48. The largest absolute Gasteiger partial charge is 0.478 e. The van der Waals surface area contributed by atoms with Crippen molar-refractivity contribution in [3.8, 4) is 0 Å². The number of hydrogen-bond acceptors (Lipinski definition) is 3.